The first kappa shape index (κ1) is 29.4. The highest BCUT2D eigenvalue weighted by Crippen LogP contribution is 2.43. The molecule has 1 heterocycles. The predicted octanol–water partition coefficient (Wildman–Crippen LogP) is 12.9. The van der Waals surface area contributed by atoms with Gasteiger partial charge in [0.05, 0.1) is 22.4 Å². The number of fused-ring (bicyclic) bond motifs is 8. The number of rotatable bonds is 4. The van der Waals surface area contributed by atoms with E-state index in [1.54, 1.807) is 0 Å². The number of hydrogen-bond donors (Lipinski definition) is 0. The summed E-state index contributed by atoms with van der Waals surface area (Å²) < 4.78 is 2.48. The molecule has 0 amide bonds. The SMILES string of the molecule is Cc1ccccc1/N=C1\Cc2cc(-c3ccccc3)ccc2-c2cc(-n3c4ccccc4c4cc(-c5ccccc5)c5ccccc5c43)ccc21. The molecule has 1 aromatic heterocycles. The summed E-state index contributed by atoms with van der Waals surface area (Å²) >= 11 is 0. The number of para-hydroxylation sites is 2. The van der Waals surface area contributed by atoms with E-state index >= 15 is 0 Å². The minimum Gasteiger partial charge on any atom is -0.309 e. The molecule has 1 aliphatic rings. The van der Waals surface area contributed by atoms with Crippen molar-refractivity contribution in [2.24, 2.45) is 4.99 Å². The van der Waals surface area contributed by atoms with Crippen LogP contribution < -0.4 is 0 Å². The zero-order chi connectivity index (χ0) is 33.9. The highest BCUT2D eigenvalue weighted by molar-refractivity contribution is 6.22. The molecule has 0 radical (unpaired) electrons. The topological polar surface area (TPSA) is 17.3 Å². The summed E-state index contributed by atoms with van der Waals surface area (Å²) in [4.78, 5) is 5.34. The van der Waals surface area contributed by atoms with Crippen LogP contribution in [0.5, 0.6) is 0 Å². The molecule has 2 heteroatoms. The normalized spacial score (nSPS) is 13.2. The fraction of sp³-hybridized carbons (Fsp3) is 0.0408. The lowest BCUT2D eigenvalue weighted by molar-refractivity contribution is 1.18. The summed E-state index contributed by atoms with van der Waals surface area (Å²) in [5.41, 5.74) is 16.8. The number of benzene rings is 8. The quantitative estimate of drug-likeness (QED) is 0.180. The van der Waals surface area contributed by atoms with Gasteiger partial charge >= 0.3 is 0 Å². The zero-order valence-corrected chi connectivity index (χ0v) is 28.3. The van der Waals surface area contributed by atoms with Crippen LogP contribution in [0.25, 0.3) is 71.6 Å². The van der Waals surface area contributed by atoms with Crippen LogP contribution in [0.3, 0.4) is 0 Å². The Morgan fingerprint density at radius 2 is 1.12 bits per heavy atom. The van der Waals surface area contributed by atoms with Gasteiger partial charge < -0.3 is 4.57 Å². The summed E-state index contributed by atoms with van der Waals surface area (Å²) in [7, 11) is 0. The highest BCUT2D eigenvalue weighted by Gasteiger charge is 2.24. The van der Waals surface area contributed by atoms with Gasteiger partial charge in [-0.2, -0.15) is 0 Å². The van der Waals surface area contributed by atoms with Gasteiger partial charge in [-0.15, -0.1) is 0 Å². The van der Waals surface area contributed by atoms with Crippen molar-refractivity contribution >= 4 is 44.0 Å². The number of hydrogen-bond acceptors (Lipinski definition) is 1. The second-order valence-corrected chi connectivity index (χ2v) is 13.6. The molecule has 8 aromatic carbocycles. The lowest BCUT2D eigenvalue weighted by Gasteiger charge is -2.24. The molecular formula is C49H34N2. The summed E-state index contributed by atoms with van der Waals surface area (Å²) in [6, 6.07) is 63.9. The molecule has 0 atom stereocenters. The Hall–Kier alpha value is -6.51. The number of aromatic nitrogens is 1. The zero-order valence-electron chi connectivity index (χ0n) is 28.3. The molecule has 0 fully saturated rings. The van der Waals surface area contributed by atoms with Crippen molar-refractivity contribution < 1.29 is 0 Å². The molecule has 0 saturated heterocycles. The first-order valence-corrected chi connectivity index (χ1v) is 17.7. The lowest BCUT2D eigenvalue weighted by atomic mass is 9.82. The third-order valence-electron chi connectivity index (χ3n) is 10.6. The Morgan fingerprint density at radius 1 is 0.451 bits per heavy atom. The van der Waals surface area contributed by atoms with Crippen molar-refractivity contribution in [1.82, 2.24) is 4.57 Å². The average Bonchev–Trinajstić information content (AvgIpc) is 3.53. The Labute approximate surface area is 297 Å². The molecule has 0 spiro atoms. The summed E-state index contributed by atoms with van der Waals surface area (Å²) in [6.07, 6.45) is 0.777. The predicted molar refractivity (Wildman–Crippen MR) is 216 cm³/mol. The van der Waals surface area contributed by atoms with Gasteiger partial charge in [-0.25, -0.2) is 0 Å². The van der Waals surface area contributed by atoms with Crippen LogP contribution in [0.1, 0.15) is 16.7 Å². The molecule has 0 unspecified atom stereocenters. The van der Waals surface area contributed by atoms with Crippen molar-refractivity contribution in [3.63, 3.8) is 0 Å². The lowest BCUT2D eigenvalue weighted by Crippen LogP contribution is -2.14. The van der Waals surface area contributed by atoms with Crippen LogP contribution in [-0.4, -0.2) is 10.3 Å². The summed E-state index contributed by atoms with van der Waals surface area (Å²) in [6.45, 7) is 2.14. The highest BCUT2D eigenvalue weighted by atomic mass is 15.0. The van der Waals surface area contributed by atoms with E-state index < -0.39 is 0 Å². The van der Waals surface area contributed by atoms with E-state index in [2.05, 4.69) is 187 Å². The van der Waals surface area contributed by atoms with Crippen LogP contribution in [0.4, 0.5) is 5.69 Å². The van der Waals surface area contributed by atoms with E-state index in [0.717, 1.165) is 23.5 Å². The maximum Gasteiger partial charge on any atom is 0.0662 e. The van der Waals surface area contributed by atoms with Crippen LogP contribution in [0, 0.1) is 6.92 Å². The maximum atomic E-state index is 5.34. The molecule has 240 valence electrons. The molecule has 0 aliphatic heterocycles. The Kier molecular flexibility index (Phi) is 6.82. The van der Waals surface area contributed by atoms with Gasteiger partial charge in [-0.3, -0.25) is 4.99 Å². The van der Waals surface area contributed by atoms with Crippen molar-refractivity contribution in [3.05, 3.63) is 193 Å². The number of nitrogens with zero attached hydrogens (tertiary/aromatic N) is 2. The molecule has 51 heavy (non-hydrogen) atoms. The molecular weight excluding hydrogens is 617 g/mol. The fourth-order valence-electron chi connectivity index (χ4n) is 8.12. The fourth-order valence-corrected chi connectivity index (χ4v) is 8.12. The summed E-state index contributed by atoms with van der Waals surface area (Å²) in [5, 5.41) is 5.01. The Balaban J connectivity index is 1.24. The minimum atomic E-state index is 0.777. The van der Waals surface area contributed by atoms with Crippen LogP contribution >= 0.6 is 0 Å². The van der Waals surface area contributed by atoms with Crippen molar-refractivity contribution in [2.75, 3.05) is 0 Å². The van der Waals surface area contributed by atoms with E-state index in [1.165, 1.54) is 82.6 Å². The standard InChI is InChI=1S/C49H34N2/c1-32-14-8-12-22-46(32)50-47-29-36-28-35(33-15-4-2-5-16-33)24-26-38(36)44-30-37(25-27-40(44)47)51-48-23-13-11-20-41(48)45-31-43(34-17-6-3-7-18-34)39-19-9-10-21-42(39)49(45)51/h2-28,30-31H,29H2,1H3/b50-47+. The van der Waals surface area contributed by atoms with E-state index in [9.17, 15) is 0 Å². The van der Waals surface area contributed by atoms with Crippen LogP contribution in [-0.2, 0) is 6.42 Å². The van der Waals surface area contributed by atoms with Gasteiger partial charge in [-0.05, 0) is 87.1 Å². The first-order chi connectivity index (χ1) is 25.2. The average molecular weight is 651 g/mol. The van der Waals surface area contributed by atoms with E-state index in [4.69, 9.17) is 4.99 Å². The molecule has 1 aliphatic carbocycles. The Morgan fingerprint density at radius 3 is 1.92 bits per heavy atom. The second kappa shape index (κ2) is 11.8. The van der Waals surface area contributed by atoms with Gasteiger partial charge in [0.15, 0.2) is 0 Å². The Bertz CT molecular complexity index is 2820. The number of aliphatic imine (C=N–C) groups is 1. The second-order valence-electron chi connectivity index (χ2n) is 13.6. The van der Waals surface area contributed by atoms with Crippen molar-refractivity contribution in [1.29, 1.82) is 0 Å². The maximum absolute atomic E-state index is 5.34. The van der Waals surface area contributed by atoms with Gasteiger partial charge in [0, 0.05) is 33.8 Å². The monoisotopic (exact) mass is 650 g/mol. The van der Waals surface area contributed by atoms with E-state index in [1.807, 2.05) is 0 Å². The van der Waals surface area contributed by atoms with E-state index in [0.29, 0.717) is 0 Å². The molecule has 0 saturated carbocycles. The van der Waals surface area contributed by atoms with Crippen molar-refractivity contribution in [3.8, 4) is 39.1 Å². The molecule has 0 bridgehead atoms. The van der Waals surface area contributed by atoms with E-state index in [-0.39, 0.29) is 0 Å². The van der Waals surface area contributed by atoms with Gasteiger partial charge in [0.1, 0.15) is 0 Å². The first-order valence-electron chi connectivity index (χ1n) is 17.7. The summed E-state index contributed by atoms with van der Waals surface area (Å²) in [5.74, 6) is 0. The third kappa shape index (κ3) is 4.83. The van der Waals surface area contributed by atoms with Gasteiger partial charge in [0.2, 0.25) is 0 Å². The van der Waals surface area contributed by atoms with Gasteiger partial charge in [-0.1, -0.05) is 146 Å². The minimum absolute atomic E-state index is 0.777. The van der Waals surface area contributed by atoms with Crippen LogP contribution in [0.15, 0.2) is 181 Å². The smallest absolute Gasteiger partial charge is 0.0662 e. The molecule has 0 N–H and O–H groups in total. The molecule has 2 nitrogen and oxygen atoms in total. The van der Waals surface area contributed by atoms with Gasteiger partial charge in [0.25, 0.3) is 0 Å². The van der Waals surface area contributed by atoms with Crippen LogP contribution in [0.2, 0.25) is 0 Å². The number of aryl methyl sites for hydroxylation is 1. The molecule has 9 aromatic rings. The van der Waals surface area contributed by atoms with Crippen molar-refractivity contribution in [2.45, 2.75) is 13.3 Å². The third-order valence-corrected chi connectivity index (χ3v) is 10.6. The largest absolute Gasteiger partial charge is 0.309 e. The molecule has 10 rings (SSSR count).